The van der Waals surface area contributed by atoms with Gasteiger partial charge in [0.15, 0.2) is 0 Å². The van der Waals surface area contributed by atoms with Gasteiger partial charge in [-0.15, -0.1) is 0 Å². The summed E-state index contributed by atoms with van der Waals surface area (Å²) >= 11 is 0. The minimum Gasteiger partial charge on any atom is -0.373 e. The lowest BCUT2D eigenvalue weighted by Crippen LogP contribution is -2.49. The van der Waals surface area contributed by atoms with E-state index in [9.17, 15) is 9.59 Å². The van der Waals surface area contributed by atoms with E-state index in [1.165, 1.54) is 0 Å². The normalized spacial score (nSPS) is 11.9. The van der Waals surface area contributed by atoms with Gasteiger partial charge in [-0.05, 0) is 20.8 Å². The molecule has 0 atom stereocenters. The summed E-state index contributed by atoms with van der Waals surface area (Å²) in [7, 11) is 5.38. The van der Waals surface area contributed by atoms with Crippen LogP contribution in [0.5, 0.6) is 0 Å². The van der Waals surface area contributed by atoms with Crippen LogP contribution in [0.3, 0.4) is 0 Å². The molecule has 0 aromatic heterocycles. The summed E-state index contributed by atoms with van der Waals surface area (Å²) in [6.07, 6.45) is 0. The van der Waals surface area contributed by atoms with Crippen LogP contribution < -0.4 is 20.7 Å². The van der Waals surface area contributed by atoms with Crippen molar-refractivity contribution in [3.8, 4) is 0 Å². The molecule has 0 saturated heterocycles. The average Bonchev–Trinajstić information content (AvgIpc) is 2.08. The van der Waals surface area contributed by atoms with E-state index in [2.05, 4.69) is 0 Å². The number of rotatable bonds is 2. The molecular weight excluding hydrogens is 192 g/mol. The molecule has 4 nitrogen and oxygen atoms in total. The van der Waals surface area contributed by atoms with Crippen LogP contribution in [-0.2, 0) is 0 Å². The summed E-state index contributed by atoms with van der Waals surface area (Å²) < 4.78 is 0. The fourth-order valence-electron chi connectivity index (χ4n) is 1.43. The van der Waals surface area contributed by atoms with Crippen molar-refractivity contribution in [2.24, 2.45) is 0 Å². The Kier molecular flexibility index (Phi) is 2.63. The SMILES string of the molecule is CN(C)c1c(N(C)C(C)(C)C)c(=O)c1=O. The molecule has 0 fully saturated rings. The molecular formula is C11H18N2O2. The molecule has 0 aliphatic rings. The van der Waals surface area contributed by atoms with Crippen molar-refractivity contribution in [2.75, 3.05) is 30.9 Å². The van der Waals surface area contributed by atoms with Crippen molar-refractivity contribution in [2.45, 2.75) is 26.3 Å². The van der Waals surface area contributed by atoms with Crippen LogP contribution in [0.4, 0.5) is 11.4 Å². The van der Waals surface area contributed by atoms with Crippen LogP contribution in [-0.4, -0.2) is 26.7 Å². The van der Waals surface area contributed by atoms with Crippen molar-refractivity contribution in [3.63, 3.8) is 0 Å². The molecule has 1 aromatic carbocycles. The Balaban J connectivity index is 3.23. The molecule has 84 valence electrons. The van der Waals surface area contributed by atoms with Gasteiger partial charge in [0.1, 0.15) is 11.4 Å². The number of anilines is 2. The first-order valence-corrected chi connectivity index (χ1v) is 4.92. The summed E-state index contributed by atoms with van der Waals surface area (Å²) in [4.78, 5) is 26.4. The molecule has 0 heterocycles. The van der Waals surface area contributed by atoms with Gasteiger partial charge in [-0.2, -0.15) is 0 Å². The molecule has 0 unspecified atom stereocenters. The predicted molar refractivity (Wildman–Crippen MR) is 63.8 cm³/mol. The maximum absolute atomic E-state index is 11.5. The van der Waals surface area contributed by atoms with E-state index < -0.39 is 0 Å². The van der Waals surface area contributed by atoms with Gasteiger partial charge in [0, 0.05) is 26.7 Å². The summed E-state index contributed by atoms with van der Waals surface area (Å²) in [6.45, 7) is 6.01. The van der Waals surface area contributed by atoms with E-state index in [-0.39, 0.29) is 16.4 Å². The van der Waals surface area contributed by atoms with Gasteiger partial charge in [-0.1, -0.05) is 0 Å². The van der Waals surface area contributed by atoms with E-state index in [0.717, 1.165) is 0 Å². The van der Waals surface area contributed by atoms with E-state index in [1.54, 1.807) is 19.0 Å². The lowest BCUT2D eigenvalue weighted by Gasteiger charge is -2.36. The van der Waals surface area contributed by atoms with Gasteiger partial charge in [0.2, 0.25) is 0 Å². The van der Waals surface area contributed by atoms with Gasteiger partial charge in [0.05, 0.1) is 0 Å². The van der Waals surface area contributed by atoms with Gasteiger partial charge in [-0.3, -0.25) is 9.59 Å². The summed E-state index contributed by atoms with van der Waals surface area (Å²) in [5.74, 6) is 0. The van der Waals surface area contributed by atoms with Gasteiger partial charge in [0.25, 0.3) is 10.9 Å². The minimum atomic E-state index is -0.383. The van der Waals surface area contributed by atoms with E-state index in [0.29, 0.717) is 11.4 Å². The molecule has 0 amide bonds. The monoisotopic (exact) mass is 210 g/mol. The molecule has 0 spiro atoms. The van der Waals surface area contributed by atoms with Crippen LogP contribution in [0.25, 0.3) is 0 Å². The minimum absolute atomic E-state index is 0.160. The lowest BCUT2D eigenvalue weighted by atomic mass is 10.0. The zero-order chi connectivity index (χ0) is 12.0. The largest absolute Gasteiger partial charge is 0.373 e. The first-order valence-electron chi connectivity index (χ1n) is 4.92. The summed E-state index contributed by atoms with van der Waals surface area (Å²) in [5, 5.41) is 0. The first-order chi connectivity index (χ1) is 6.68. The molecule has 1 rings (SSSR count). The van der Waals surface area contributed by atoms with Gasteiger partial charge >= 0.3 is 0 Å². The molecule has 0 N–H and O–H groups in total. The van der Waals surface area contributed by atoms with Crippen molar-refractivity contribution in [1.29, 1.82) is 0 Å². The fraction of sp³-hybridized carbons (Fsp3) is 0.636. The molecule has 0 aliphatic carbocycles. The van der Waals surface area contributed by atoms with Crippen molar-refractivity contribution < 1.29 is 0 Å². The molecule has 1 aromatic rings. The highest BCUT2D eigenvalue weighted by Crippen LogP contribution is 2.26. The lowest BCUT2D eigenvalue weighted by molar-refractivity contribution is 0.536. The Hall–Kier alpha value is -1.32. The molecule has 0 radical (unpaired) electrons. The maximum Gasteiger partial charge on any atom is 0.253 e. The quantitative estimate of drug-likeness (QED) is 0.670. The second kappa shape index (κ2) is 3.36. The summed E-state index contributed by atoms with van der Waals surface area (Å²) in [6, 6.07) is 0. The smallest absolute Gasteiger partial charge is 0.253 e. The van der Waals surface area contributed by atoms with Gasteiger partial charge < -0.3 is 9.80 Å². The van der Waals surface area contributed by atoms with Crippen molar-refractivity contribution in [1.82, 2.24) is 0 Å². The molecule has 0 saturated carbocycles. The van der Waals surface area contributed by atoms with Crippen LogP contribution in [0.2, 0.25) is 0 Å². The van der Waals surface area contributed by atoms with Crippen LogP contribution >= 0.6 is 0 Å². The van der Waals surface area contributed by atoms with E-state index in [4.69, 9.17) is 0 Å². The number of nitrogens with zero attached hydrogens (tertiary/aromatic N) is 2. The maximum atomic E-state index is 11.5. The zero-order valence-electron chi connectivity index (χ0n) is 10.2. The van der Waals surface area contributed by atoms with Gasteiger partial charge in [-0.25, -0.2) is 0 Å². The third-order valence-corrected chi connectivity index (χ3v) is 2.65. The Morgan fingerprint density at radius 3 is 1.60 bits per heavy atom. The summed E-state index contributed by atoms with van der Waals surface area (Å²) in [5.41, 5.74) is 0.115. The molecule has 4 heteroatoms. The Morgan fingerprint density at radius 1 is 0.867 bits per heavy atom. The van der Waals surface area contributed by atoms with Crippen LogP contribution in [0, 0.1) is 0 Å². The topological polar surface area (TPSA) is 40.6 Å². The number of hydrogen-bond acceptors (Lipinski definition) is 4. The third kappa shape index (κ3) is 1.76. The predicted octanol–water partition coefficient (Wildman–Crippen LogP) is 0.583. The highest BCUT2D eigenvalue weighted by molar-refractivity contribution is 5.76. The second-order valence-corrected chi connectivity index (χ2v) is 4.98. The second-order valence-electron chi connectivity index (χ2n) is 4.98. The third-order valence-electron chi connectivity index (χ3n) is 2.65. The Bertz CT molecular complexity index is 434. The van der Waals surface area contributed by atoms with E-state index in [1.807, 2.05) is 32.7 Å². The molecule has 0 aliphatic heterocycles. The van der Waals surface area contributed by atoms with Crippen LogP contribution in [0.1, 0.15) is 20.8 Å². The highest BCUT2D eigenvalue weighted by atomic mass is 16.2. The van der Waals surface area contributed by atoms with Crippen molar-refractivity contribution >= 4 is 11.4 Å². The number of hydrogen-bond donors (Lipinski definition) is 0. The molecule has 0 bridgehead atoms. The average molecular weight is 210 g/mol. The fourth-order valence-corrected chi connectivity index (χ4v) is 1.43. The molecule has 15 heavy (non-hydrogen) atoms. The Labute approximate surface area is 89.8 Å². The first kappa shape index (κ1) is 11.8. The highest BCUT2D eigenvalue weighted by Gasteiger charge is 2.30. The standard InChI is InChI=1S/C11H18N2O2/c1-11(2,3)13(6)8-7(12(4)5)9(14)10(8)15/h1-6H3. The Morgan fingerprint density at radius 2 is 1.27 bits per heavy atom. The van der Waals surface area contributed by atoms with Crippen molar-refractivity contribution in [3.05, 3.63) is 20.4 Å². The van der Waals surface area contributed by atoms with E-state index >= 15 is 0 Å². The zero-order valence-corrected chi connectivity index (χ0v) is 10.2. The van der Waals surface area contributed by atoms with Crippen LogP contribution in [0.15, 0.2) is 9.59 Å².